The molecule has 1 aromatic carbocycles. The Morgan fingerprint density at radius 3 is 2.42 bits per heavy atom. The highest BCUT2D eigenvalue weighted by Crippen LogP contribution is 2.26. The highest BCUT2D eigenvalue weighted by molar-refractivity contribution is 7.92. The molecule has 5 nitrogen and oxygen atoms in total. The molecule has 1 heterocycles. The number of benzene rings is 1. The van der Waals surface area contributed by atoms with Crippen molar-refractivity contribution in [2.24, 2.45) is 0 Å². The second kappa shape index (κ2) is 5.38. The Morgan fingerprint density at radius 2 is 1.89 bits per heavy atom. The summed E-state index contributed by atoms with van der Waals surface area (Å²) in [5.41, 5.74) is 1.44. The van der Waals surface area contributed by atoms with Gasteiger partial charge in [-0.15, -0.1) is 0 Å². The lowest BCUT2D eigenvalue weighted by atomic mass is 10.1. The lowest BCUT2D eigenvalue weighted by Crippen LogP contribution is -2.25. The maximum absolute atomic E-state index is 11.3. The van der Waals surface area contributed by atoms with Crippen LogP contribution < -0.4 is 10.0 Å². The lowest BCUT2D eigenvalue weighted by molar-refractivity contribution is 0.330. The van der Waals surface area contributed by atoms with E-state index >= 15 is 0 Å². The van der Waals surface area contributed by atoms with Crippen LogP contribution in [0.3, 0.4) is 0 Å². The van der Waals surface area contributed by atoms with Crippen LogP contribution in [0.25, 0.3) is 0 Å². The van der Waals surface area contributed by atoms with Gasteiger partial charge in [0.15, 0.2) is 0 Å². The summed E-state index contributed by atoms with van der Waals surface area (Å²) >= 11 is 0. The van der Waals surface area contributed by atoms with E-state index in [1.807, 2.05) is 18.2 Å². The Kier molecular flexibility index (Phi) is 4.01. The summed E-state index contributed by atoms with van der Waals surface area (Å²) in [5.74, 6) is 0. The molecule has 0 aliphatic carbocycles. The fourth-order valence-electron chi connectivity index (χ4n) is 2.42. The van der Waals surface area contributed by atoms with E-state index in [2.05, 4.69) is 28.9 Å². The first-order chi connectivity index (χ1) is 8.85. The van der Waals surface area contributed by atoms with Crippen LogP contribution in [0.1, 0.15) is 13.3 Å². The maximum atomic E-state index is 11.3. The normalized spacial score (nSPS) is 24.4. The van der Waals surface area contributed by atoms with Gasteiger partial charge in [-0.3, -0.25) is 4.72 Å². The third-order valence-electron chi connectivity index (χ3n) is 3.47. The summed E-state index contributed by atoms with van der Waals surface area (Å²) in [6, 6.07) is 8.29. The fourth-order valence-corrected chi connectivity index (χ4v) is 2.99. The number of nitrogens with one attached hydrogen (secondary N) is 2. The number of para-hydroxylation sites is 2. The molecule has 2 atom stereocenters. The average molecular weight is 283 g/mol. The maximum Gasteiger partial charge on any atom is 0.229 e. The molecule has 1 aromatic rings. The zero-order valence-corrected chi connectivity index (χ0v) is 12.4. The molecule has 1 aliphatic rings. The zero-order valence-electron chi connectivity index (χ0n) is 11.6. The molecule has 19 heavy (non-hydrogen) atoms. The largest absolute Gasteiger partial charge is 0.379 e. The molecule has 0 saturated carbocycles. The molecule has 0 amide bonds. The second-order valence-corrected chi connectivity index (χ2v) is 7.03. The predicted molar refractivity (Wildman–Crippen MR) is 79.0 cm³/mol. The van der Waals surface area contributed by atoms with Gasteiger partial charge in [-0.25, -0.2) is 8.42 Å². The minimum atomic E-state index is -3.26. The van der Waals surface area contributed by atoms with E-state index in [9.17, 15) is 8.42 Å². The first kappa shape index (κ1) is 14.1. The topological polar surface area (TPSA) is 61.4 Å². The summed E-state index contributed by atoms with van der Waals surface area (Å²) in [6.45, 7) is 3.16. The number of rotatable bonds is 4. The van der Waals surface area contributed by atoms with Gasteiger partial charge in [-0.1, -0.05) is 12.1 Å². The smallest absolute Gasteiger partial charge is 0.229 e. The van der Waals surface area contributed by atoms with Gasteiger partial charge in [-0.2, -0.15) is 0 Å². The van der Waals surface area contributed by atoms with Crippen molar-refractivity contribution in [3.63, 3.8) is 0 Å². The van der Waals surface area contributed by atoms with Crippen LogP contribution >= 0.6 is 0 Å². The molecular weight excluding hydrogens is 262 g/mol. The van der Waals surface area contributed by atoms with Gasteiger partial charge in [0.25, 0.3) is 0 Å². The number of hydrogen-bond acceptors (Lipinski definition) is 4. The molecular formula is C13H21N3O2S. The van der Waals surface area contributed by atoms with E-state index in [0.717, 1.165) is 24.9 Å². The fraction of sp³-hybridized carbons (Fsp3) is 0.538. The Hall–Kier alpha value is -1.27. The van der Waals surface area contributed by atoms with Gasteiger partial charge >= 0.3 is 0 Å². The van der Waals surface area contributed by atoms with Crippen molar-refractivity contribution in [1.82, 2.24) is 4.90 Å². The summed E-state index contributed by atoms with van der Waals surface area (Å²) in [6.07, 6.45) is 2.22. The van der Waals surface area contributed by atoms with Gasteiger partial charge in [0.2, 0.25) is 10.0 Å². The minimum Gasteiger partial charge on any atom is -0.379 e. The molecule has 2 rings (SSSR count). The second-order valence-electron chi connectivity index (χ2n) is 5.29. The van der Waals surface area contributed by atoms with Gasteiger partial charge in [0.05, 0.1) is 17.6 Å². The van der Waals surface area contributed by atoms with Gasteiger partial charge in [0.1, 0.15) is 0 Å². The molecule has 0 radical (unpaired) electrons. The van der Waals surface area contributed by atoms with Crippen LogP contribution in [0.2, 0.25) is 0 Å². The van der Waals surface area contributed by atoms with E-state index in [4.69, 9.17) is 0 Å². The monoisotopic (exact) mass is 283 g/mol. The lowest BCUT2D eigenvalue weighted by Gasteiger charge is -2.17. The van der Waals surface area contributed by atoms with Crippen molar-refractivity contribution in [3.05, 3.63) is 24.3 Å². The van der Waals surface area contributed by atoms with Crippen LogP contribution in [-0.2, 0) is 10.0 Å². The number of hydrogen-bond donors (Lipinski definition) is 2. The number of anilines is 2. The number of sulfonamides is 1. The first-order valence-electron chi connectivity index (χ1n) is 6.39. The van der Waals surface area contributed by atoms with Crippen molar-refractivity contribution in [2.45, 2.75) is 25.4 Å². The van der Waals surface area contributed by atoms with E-state index < -0.39 is 10.0 Å². The zero-order chi connectivity index (χ0) is 14.0. The summed E-state index contributed by atoms with van der Waals surface area (Å²) in [7, 11) is -1.15. The molecule has 0 aromatic heterocycles. The Bertz CT molecular complexity index is 535. The van der Waals surface area contributed by atoms with Crippen LogP contribution in [0, 0.1) is 0 Å². The molecule has 0 spiro atoms. The summed E-state index contributed by atoms with van der Waals surface area (Å²) in [4.78, 5) is 2.30. The Morgan fingerprint density at radius 1 is 1.26 bits per heavy atom. The number of nitrogens with zero attached hydrogens (tertiary/aromatic N) is 1. The highest BCUT2D eigenvalue weighted by atomic mass is 32.2. The van der Waals surface area contributed by atoms with E-state index in [0.29, 0.717) is 17.8 Å². The molecule has 2 N–H and O–H groups in total. The van der Waals surface area contributed by atoms with Crippen molar-refractivity contribution in [3.8, 4) is 0 Å². The number of likely N-dealkylation sites (tertiary alicyclic amines) is 1. The first-order valence-corrected chi connectivity index (χ1v) is 8.28. The molecule has 106 valence electrons. The van der Waals surface area contributed by atoms with Gasteiger partial charge < -0.3 is 10.2 Å². The average Bonchev–Trinajstić information content (AvgIpc) is 2.59. The van der Waals surface area contributed by atoms with Crippen molar-refractivity contribution in [1.29, 1.82) is 0 Å². The standard InChI is InChI=1S/C13H21N3O2S/c1-10-8-11(9-16(10)2)14-12-6-4-5-7-13(12)15-19(3,17)18/h4-7,10-11,14-15H,8-9H2,1-3H3. The summed E-state index contributed by atoms with van der Waals surface area (Å²) < 4.78 is 25.2. The van der Waals surface area contributed by atoms with Crippen molar-refractivity contribution >= 4 is 21.4 Å². The van der Waals surface area contributed by atoms with E-state index in [1.165, 1.54) is 0 Å². The van der Waals surface area contributed by atoms with E-state index in [1.54, 1.807) is 6.07 Å². The highest BCUT2D eigenvalue weighted by Gasteiger charge is 2.26. The van der Waals surface area contributed by atoms with Crippen molar-refractivity contribution < 1.29 is 8.42 Å². The van der Waals surface area contributed by atoms with Gasteiger partial charge in [0, 0.05) is 18.6 Å². The third-order valence-corrected chi connectivity index (χ3v) is 4.06. The Balaban J connectivity index is 2.12. The molecule has 1 aliphatic heterocycles. The third kappa shape index (κ3) is 3.84. The van der Waals surface area contributed by atoms with Crippen molar-refractivity contribution in [2.75, 3.05) is 29.9 Å². The number of likely N-dealkylation sites (N-methyl/N-ethyl adjacent to an activating group) is 1. The predicted octanol–water partition coefficient (Wildman–Crippen LogP) is 1.56. The van der Waals surface area contributed by atoms with E-state index in [-0.39, 0.29) is 0 Å². The SMILES string of the molecule is CC1CC(Nc2ccccc2NS(C)(=O)=O)CN1C. The molecule has 2 unspecified atom stereocenters. The van der Waals surface area contributed by atoms with Crippen LogP contribution in [0.15, 0.2) is 24.3 Å². The molecule has 1 saturated heterocycles. The molecule has 1 fully saturated rings. The minimum absolute atomic E-state index is 0.350. The van der Waals surface area contributed by atoms with Crippen LogP contribution in [0.5, 0.6) is 0 Å². The van der Waals surface area contributed by atoms with Gasteiger partial charge in [-0.05, 0) is 32.5 Å². The van der Waals surface area contributed by atoms with Crippen LogP contribution in [0.4, 0.5) is 11.4 Å². The Labute approximate surface area is 115 Å². The summed E-state index contributed by atoms with van der Waals surface area (Å²) in [5, 5.41) is 3.42. The quantitative estimate of drug-likeness (QED) is 0.880. The molecule has 0 bridgehead atoms. The molecule has 6 heteroatoms. The van der Waals surface area contributed by atoms with Crippen LogP contribution in [-0.4, -0.2) is 45.2 Å².